The minimum Gasteiger partial charge on any atom is -0.316 e. The summed E-state index contributed by atoms with van der Waals surface area (Å²) in [5.74, 6) is 0. The van der Waals surface area contributed by atoms with E-state index in [1.807, 2.05) is 0 Å². The smallest absolute Gasteiger partial charge is 0.0635 e. The van der Waals surface area contributed by atoms with E-state index in [2.05, 4.69) is 167 Å². The fourth-order valence-electron chi connectivity index (χ4n) is 6.16. The molecule has 0 N–H and O–H groups in total. The second-order valence-electron chi connectivity index (χ2n) is 10.2. The van der Waals surface area contributed by atoms with Crippen molar-refractivity contribution < 1.29 is 0 Å². The molecule has 188 valence electrons. The zero-order valence-electron chi connectivity index (χ0n) is 21.9. The highest BCUT2D eigenvalue weighted by Crippen LogP contribution is 2.40. The number of benzene rings is 6. The van der Waals surface area contributed by atoms with Gasteiger partial charge in [-0.15, -0.1) is 0 Å². The Morgan fingerprint density at radius 3 is 1.70 bits per heavy atom. The number of hydrogen-bond donors (Lipinski definition) is 0. The summed E-state index contributed by atoms with van der Waals surface area (Å²) in [4.78, 5) is 0. The van der Waals surface area contributed by atoms with E-state index in [0.717, 1.165) is 0 Å². The minimum atomic E-state index is 1.17. The van der Waals surface area contributed by atoms with Gasteiger partial charge in [0.2, 0.25) is 0 Å². The molecule has 2 aromatic heterocycles. The normalized spacial score (nSPS) is 11.5. The van der Waals surface area contributed by atoms with E-state index < -0.39 is 0 Å². The van der Waals surface area contributed by atoms with Crippen LogP contribution >= 0.6 is 0 Å². The quantitative estimate of drug-likeness (QED) is 0.223. The first-order valence-corrected chi connectivity index (χ1v) is 13.7. The largest absolute Gasteiger partial charge is 0.316 e. The molecule has 0 aliphatic rings. The molecule has 0 saturated heterocycles. The Bertz CT molecular complexity index is 2130. The van der Waals surface area contributed by atoms with Crippen LogP contribution in [0.4, 0.5) is 0 Å². The van der Waals surface area contributed by atoms with Crippen LogP contribution in [0, 0.1) is 0 Å². The molecule has 2 heteroatoms. The molecule has 0 amide bonds. The van der Waals surface area contributed by atoms with E-state index in [1.54, 1.807) is 0 Å². The molecule has 0 spiro atoms. The van der Waals surface area contributed by atoms with Gasteiger partial charge in [0.05, 0.1) is 16.6 Å². The molecule has 40 heavy (non-hydrogen) atoms. The Hall–Kier alpha value is -5.34. The number of hydrogen-bond acceptors (Lipinski definition) is 0. The SMILES string of the molecule is c1ccc(-c2ccccc2-c2ccc3c(c2)c2ccc4c(ccn4-c4ccccc4)c2n3-c2ccccc2)cc1. The van der Waals surface area contributed by atoms with E-state index in [1.165, 1.54) is 66.3 Å². The van der Waals surface area contributed by atoms with Crippen molar-refractivity contribution in [1.29, 1.82) is 0 Å². The molecule has 0 unspecified atom stereocenters. The van der Waals surface area contributed by atoms with Gasteiger partial charge in [-0.2, -0.15) is 0 Å². The Morgan fingerprint density at radius 2 is 0.975 bits per heavy atom. The number of aromatic nitrogens is 2. The van der Waals surface area contributed by atoms with Crippen molar-refractivity contribution in [1.82, 2.24) is 9.13 Å². The predicted molar refractivity (Wildman–Crippen MR) is 168 cm³/mol. The third-order valence-electron chi connectivity index (χ3n) is 7.97. The Labute approximate surface area is 233 Å². The monoisotopic (exact) mass is 510 g/mol. The van der Waals surface area contributed by atoms with Gasteiger partial charge in [0, 0.05) is 33.7 Å². The lowest BCUT2D eigenvalue weighted by atomic mass is 9.94. The molecule has 2 nitrogen and oxygen atoms in total. The lowest BCUT2D eigenvalue weighted by Crippen LogP contribution is -1.94. The summed E-state index contributed by atoms with van der Waals surface area (Å²) in [6.07, 6.45) is 2.19. The summed E-state index contributed by atoms with van der Waals surface area (Å²) in [6, 6.07) is 54.4. The van der Waals surface area contributed by atoms with E-state index in [-0.39, 0.29) is 0 Å². The predicted octanol–water partition coefficient (Wildman–Crippen LogP) is 10.1. The maximum Gasteiger partial charge on any atom is 0.0635 e. The molecule has 6 aromatic carbocycles. The van der Waals surface area contributed by atoms with Gasteiger partial charge in [-0.1, -0.05) is 103 Å². The van der Waals surface area contributed by atoms with Gasteiger partial charge in [0.15, 0.2) is 0 Å². The fourth-order valence-corrected chi connectivity index (χ4v) is 6.16. The van der Waals surface area contributed by atoms with Crippen LogP contribution < -0.4 is 0 Å². The molecule has 0 aliphatic carbocycles. The van der Waals surface area contributed by atoms with E-state index in [9.17, 15) is 0 Å². The number of rotatable bonds is 4. The van der Waals surface area contributed by atoms with Crippen molar-refractivity contribution in [2.45, 2.75) is 0 Å². The first-order valence-electron chi connectivity index (χ1n) is 13.7. The minimum absolute atomic E-state index is 1.17. The average molecular weight is 511 g/mol. The van der Waals surface area contributed by atoms with E-state index >= 15 is 0 Å². The number of para-hydroxylation sites is 2. The summed E-state index contributed by atoms with van der Waals surface area (Å²) in [5, 5.41) is 3.76. The van der Waals surface area contributed by atoms with Crippen molar-refractivity contribution in [3.63, 3.8) is 0 Å². The molecule has 8 rings (SSSR count). The molecule has 0 fully saturated rings. The molecule has 0 aliphatic heterocycles. The van der Waals surface area contributed by atoms with Crippen LogP contribution in [0.25, 0.3) is 66.3 Å². The van der Waals surface area contributed by atoms with Crippen LogP contribution in [-0.2, 0) is 0 Å². The topological polar surface area (TPSA) is 9.86 Å². The van der Waals surface area contributed by atoms with Crippen molar-refractivity contribution in [2.75, 3.05) is 0 Å². The first-order chi connectivity index (χ1) is 19.9. The zero-order valence-corrected chi connectivity index (χ0v) is 21.9. The van der Waals surface area contributed by atoms with Gasteiger partial charge >= 0.3 is 0 Å². The lowest BCUT2D eigenvalue weighted by molar-refractivity contribution is 1.13. The van der Waals surface area contributed by atoms with Crippen LogP contribution in [0.2, 0.25) is 0 Å². The molecular weight excluding hydrogens is 484 g/mol. The highest BCUT2D eigenvalue weighted by molar-refractivity contribution is 6.19. The maximum absolute atomic E-state index is 2.43. The van der Waals surface area contributed by atoms with Gasteiger partial charge in [-0.25, -0.2) is 0 Å². The third-order valence-corrected chi connectivity index (χ3v) is 7.97. The van der Waals surface area contributed by atoms with Crippen molar-refractivity contribution in [3.05, 3.63) is 158 Å². The molecule has 0 saturated carbocycles. The molecule has 2 heterocycles. The third kappa shape index (κ3) is 3.50. The molecular formula is C38H26N2. The van der Waals surface area contributed by atoms with Crippen molar-refractivity contribution in [3.8, 4) is 33.6 Å². The van der Waals surface area contributed by atoms with Crippen molar-refractivity contribution in [2.24, 2.45) is 0 Å². The van der Waals surface area contributed by atoms with Gasteiger partial charge in [0.25, 0.3) is 0 Å². The average Bonchev–Trinajstić information content (AvgIpc) is 3.61. The number of nitrogens with zero attached hydrogens (tertiary/aromatic N) is 2. The summed E-state index contributed by atoms with van der Waals surface area (Å²) >= 11 is 0. The van der Waals surface area contributed by atoms with Gasteiger partial charge in [-0.05, 0) is 70.8 Å². The highest BCUT2D eigenvalue weighted by atomic mass is 15.0. The first kappa shape index (κ1) is 22.6. The Morgan fingerprint density at radius 1 is 0.375 bits per heavy atom. The summed E-state index contributed by atoms with van der Waals surface area (Å²) in [5.41, 5.74) is 10.9. The van der Waals surface area contributed by atoms with Gasteiger partial charge in [-0.3, -0.25) is 0 Å². The van der Waals surface area contributed by atoms with Gasteiger partial charge in [0.1, 0.15) is 0 Å². The summed E-state index contributed by atoms with van der Waals surface area (Å²) in [6.45, 7) is 0. The van der Waals surface area contributed by atoms with Crippen LogP contribution in [0.3, 0.4) is 0 Å². The Kier molecular flexibility index (Phi) is 5.17. The molecule has 0 radical (unpaired) electrons. The Balaban J connectivity index is 1.43. The molecule has 0 bridgehead atoms. The van der Waals surface area contributed by atoms with E-state index in [0.29, 0.717) is 0 Å². The highest BCUT2D eigenvalue weighted by Gasteiger charge is 2.18. The number of fused-ring (bicyclic) bond motifs is 5. The van der Waals surface area contributed by atoms with Crippen LogP contribution in [0.5, 0.6) is 0 Å². The second kappa shape index (κ2) is 9.14. The standard InChI is InChI=1S/C38H26N2/c1-4-12-27(13-5-1)31-18-10-11-19-32(31)28-20-22-37-35(26-28)33-21-23-36-34(24-25-39(36)29-14-6-2-7-15-29)38(33)40(37)30-16-8-3-9-17-30/h1-26H. The summed E-state index contributed by atoms with van der Waals surface area (Å²) in [7, 11) is 0. The van der Waals surface area contributed by atoms with Crippen LogP contribution in [0.15, 0.2) is 158 Å². The fraction of sp³-hybridized carbons (Fsp3) is 0. The van der Waals surface area contributed by atoms with Crippen LogP contribution in [-0.4, -0.2) is 9.13 Å². The van der Waals surface area contributed by atoms with Gasteiger partial charge < -0.3 is 9.13 Å². The van der Waals surface area contributed by atoms with Crippen molar-refractivity contribution >= 4 is 32.7 Å². The lowest BCUT2D eigenvalue weighted by Gasteiger charge is -2.11. The second-order valence-corrected chi connectivity index (χ2v) is 10.2. The summed E-state index contributed by atoms with van der Waals surface area (Å²) < 4.78 is 4.71. The van der Waals surface area contributed by atoms with E-state index in [4.69, 9.17) is 0 Å². The molecule has 8 aromatic rings. The maximum atomic E-state index is 2.43. The van der Waals surface area contributed by atoms with Crippen LogP contribution in [0.1, 0.15) is 0 Å². The molecule has 0 atom stereocenters. The zero-order chi connectivity index (χ0) is 26.5.